The van der Waals surface area contributed by atoms with Crippen molar-refractivity contribution in [3.63, 3.8) is 0 Å². The third kappa shape index (κ3) is 18.4. The largest absolute Gasteiger partial charge is 0.369 e. The first-order chi connectivity index (χ1) is 30.3. The van der Waals surface area contributed by atoms with Crippen LogP contribution in [-0.2, 0) is 0 Å². The Morgan fingerprint density at radius 2 is 1.26 bits per heavy atom. The Bertz CT molecular complexity index is 1590. The van der Waals surface area contributed by atoms with Crippen LogP contribution in [0.25, 0.3) is 0 Å². The maximum atomic E-state index is 5.68. The molecule has 7 heterocycles. The fraction of sp³-hybridized carbons (Fsp3) is 0.821. The van der Waals surface area contributed by atoms with Crippen molar-refractivity contribution in [3.05, 3.63) is 12.4 Å². The summed E-state index contributed by atoms with van der Waals surface area (Å²) in [6.45, 7) is 26.3. The van der Waals surface area contributed by atoms with Crippen molar-refractivity contribution in [2.75, 3.05) is 150 Å². The van der Waals surface area contributed by atoms with Gasteiger partial charge in [0.25, 0.3) is 0 Å². The molecule has 7 aliphatic rings. The van der Waals surface area contributed by atoms with Crippen LogP contribution in [0.3, 0.4) is 0 Å². The zero-order chi connectivity index (χ0) is 51.1. The van der Waals surface area contributed by atoms with Crippen molar-refractivity contribution in [2.45, 2.75) is 64.4 Å². The second-order valence-electron chi connectivity index (χ2n) is 19.3. The van der Waals surface area contributed by atoms with Gasteiger partial charge in [-0.05, 0) is 48.6 Å². The number of guanidine groups is 5. The van der Waals surface area contributed by atoms with Crippen molar-refractivity contribution in [1.29, 1.82) is 0 Å². The lowest BCUT2D eigenvalue weighted by Crippen LogP contribution is -2.50. The summed E-state index contributed by atoms with van der Waals surface area (Å²) in [4.78, 5) is 24.6. The molecule has 0 aromatic carbocycles. The van der Waals surface area contributed by atoms with E-state index in [9.17, 15) is 0 Å². The Morgan fingerprint density at radius 3 is 1.44 bits per heavy atom. The fourth-order valence-electron chi connectivity index (χ4n) is 7.36. The highest BCUT2D eigenvalue weighted by Gasteiger charge is 2.35. The maximum Gasteiger partial charge on any atom is 0.367 e. The van der Waals surface area contributed by atoms with Gasteiger partial charge < -0.3 is 36.1 Å². The Morgan fingerprint density at radius 1 is 0.727 bits per heavy atom. The number of aliphatic imine (C=N–C) groups is 3. The van der Waals surface area contributed by atoms with E-state index in [2.05, 4.69) is 74.8 Å². The molecule has 4 saturated heterocycles. The summed E-state index contributed by atoms with van der Waals surface area (Å²) in [5.41, 5.74) is 5.56. The van der Waals surface area contributed by atoms with Crippen LogP contribution in [0.2, 0.25) is 0 Å². The number of hydrazine groups is 6. The molecular weight excluding hydrogens is 847 g/mol. The summed E-state index contributed by atoms with van der Waals surface area (Å²) in [5, 5.41) is 19.9. The van der Waals surface area contributed by atoms with Gasteiger partial charge in [-0.2, -0.15) is 10.9 Å². The van der Waals surface area contributed by atoms with Crippen LogP contribution in [0.15, 0.2) is 32.5 Å². The van der Waals surface area contributed by atoms with Crippen LogP contribution >= 0.6 is 0 Å². The van der Waals surface area contributed by atoms with E-state index in [0.29, 0.717) is 12.5 Å². The highest BCUT2D eigenvalue weighted by Crippen LogP contribution is 2.26. The van der Waals surface area contributed by atoms with Gasteiger partial charge in [0.05, 0.1) is 71.5 Å². The molecule has 0 aromatic rings. The van der Waals surface area contributed by atoms with E-state index >= 15 is 0 Å². The van der Waals surface area contributed by atoms with E-state index in [-0.39, 0.29) is 22.9 Å². The Balaban J connectivity index is 0.000000385. The highest BCUT2D eigenvalue weighted by atomic mass is 15.6. The van der Waals surface area contributed by atoms with Crippen LogP contribution < -0.4 is 57.3 Å². The van der Waals surface area contributed by atoms with Crippen molar-refractivity contribution < 1.29 is 4.58 Å². The van der Waals surface area contributed by atoms with Crippen LogP contribution in [-0.4, -0.2) is 266 Å². The standard InChI is InChI=1S/C7H15N3.C6H16N4.C6H15N4.4C5H12N4/c1-6-9(4)7(2,3)5-10(6)8;1-6(2)4-10(7)5(8-3)9-6;1-8(2)6-9(3)4-5-10(6)7;1-5(2)3-9(7)4(6)8-5;1-8-3-4-9(2)5(8)7-6;1-8-4-3-7-5(8)9(2)6;1-8(2)5-7-3-4-9(5)6/h1,5,8H2,2-4H3;5,8-9H,4,7H2,1-3H3;4-5,7H2,1-3H3;3,7H2,1-2H3,(H2,6,8);3*3-4,6H2,1-2H3/q;;+1;;;;. The molecule has 0 radical (unpaired) electrons. The van der Waals surface area contributed by atoms with E-state index in [0.717, 1.165) is 95.1 Å². The Kier molecular flexibility index (Phi) is 23.2. The quantitative estimate of drug-likeness (QED) is 0.0667. The zero-order valence-corrected chi connectivity index (χ0v) is 43.8. The number of nitrogens with one attached hydrogen (secondary N) is 2. The lowest BCUT2D eigenvalue weighted by molar-refractivity contribution is -0.474. The van der Waals surface area contributed by atoms with Gasteiger partial charge in [0.2, 0.25) is 23.8 Å². The zero-order valence-electron chi connectivity index (χ0n) is 43.8. The molecule has 0 bridgehead atoms. The first kappa shape index (κ1) is 59.1. The number of hydrazone groups is 1. The maximum absolute atomic E-state index is 5.68. The molecule has 7 aliphatic heterocycles. The molecule has 18 N–H and O–H groups in total. The average Bonchev–Trinajstić information content (AvgIpc) is 4.07. The van der Waals surface area contributed by atoms with Gasteiger partial charge in [0.1, 0.15) is 18.7 Å². The van der Waals surface area contributed by atoms with Gasteiger partial charge in [-0.25, -0.2) is 38.4 Å². The molecule has 0 aliphatic carbocycles. The summed E-state index contributed by atoms with van der Waals surface area (Å²) < 4.78 is 2.02. The normalized spacial score (nSPS) is 22.3. The lowest BCUT2D eigenvalue weighted by Gasteiger charge is -2.27. The van der Waals surface area contributed by atoms with Gasteiger partial charge in [-0.15, -0.1) is 5.10 Å². The van der Waals surface area contributed by atoms with Crippen LogP contribution in [0.5, 0.6) is 0 Å². The van der Waals surface area contributed by atoms with E-state index < -0.39 is 0 Å². The average molecular weight is 941 g/mol. The number of rotatable bonds is 1. The minimum atomic E-state index is -0.0984. The van der Waals surface area contributed by atoms with Gasteiger partial charge in [-0.3, -0.25) is 51.0 Å². The highest BCUT2D eigenvalue weighted by molar-refractivity contribution is 5.82. The number of hydrogen-bond acceptors (Lipinski definition) is 22. The molecular formula is C39H94N27+. The lowest BCUT2D eigenvalue weighted by atomic mass is 10.1. The van der Waals surface area contributed by atoms with E-state index in [1.807, 2.05) is 108 Å². The molecule has 1 atom stereocenters. The van der Waals surface area contributed by atoms with Gasteiger partial charge >= 0.3 is 5.96 Å². The summed E-state index contributed by atoms with van der Waals surface area (Å²) in [6.07, 6.45) is 0.120. The summed E-state index contributed by atoms with van der Waals surface area (Å²) in [5.74, 6) is 43.6. The molecule has 0 aromatic heterocycles. The number of nitrogens with zero attached hydrogens (tertiary/aromatic N) is 17. The minimum absolute atomic E-state index is 0.0984. The van der Waals surface area contributed by atoms with Crippen LogP contribution in [0.1, 0.15) is 41.5 Å². The molecule has 27 heteroatoms. The predicted octanol–water partition coefficient (Wildman–Crippen LogP) is -5.31. The fourth-order valence-corrected chi connectivity index (χ4v) is 7.36. The van der Waals surface area contributed by atoms with E-state index in [4.69, 9.17) is 46.6 Å². The first-order valence-electron chi connectivity index (χ1n) is 22.1. The van der Waals surface area contributed by atoms with Crippen molar-refractivity contribution in [3.8, 4) is 0 Å². The summed E-state index contributed by atoms with van der Waals surface area (Å²) in [7, 11) is 21.5. The van der Waals surface area contributed by atoms with Gasteiger partial charge in [-0.1, -0.05) is 6.58 Å². The van der Waals surface area contributed by atoms with Gasteiger partial charge in [0.15, 0.2) is 0 Å². The van der Waals surface area contributed by atoms with Gasteiger partial charge in [0, 0.05) is 81.1 Å². The Hall–Kier alpha value is -4.87. The molecule has 384 valence electrons. The SMILES string of the molecule is C=C1N(N)CC(C)(C)N1C.CC1(C)CN(N)C(N)=N1.CN(C)C1=NCCN1N.CN(N)C1=NCCN1C.CN1CCN(C)C1=NN.CN1CCN(N)C1=[N+](C)C.CNC1NC(C)(C)CN1N. The Labute approximate surface area is 396 Å². The molecule has 0 amide bonds. The van der Waals surface area contributed by atoms with Crippen LogP contribution in [0, 0.1) is 0 Å². The minimum Gasteiger partial charge on any atom is -0.369 e. The number of nitrogens with two attached hydrogens (primary N) is 8. The number of likely N-dealkylation sites (N-methyl/N-ethyl adjacent to an activating group) is 5. The molecule has 0 spiro atoms. The monoisotopic (exact) mass is 941 g/mol. The molecule has 0 saturated carbocycles. The number of hydrogen-bond donors (Lipinski definition) is 10. The molecule has 4 fully saturated rings. The van der Waals surface area contributed by atoms with Crippen molar-refractivity contribution in [1.82, 2.24) is 70.1 Å². The second kappa shape index (κ2) is 25.9. The molecule has 7 rings (SSSR count). The third-order valence-corrected chi connectivity index (χ3v) is 11.0. The van der Waals surface area contributed by atoms with Crippen molar-refractivity contribution in [2.24, 2.45) is 66.7 Å². The molecule has 66 heavy (non-hydrogen) atoms. The first-order valence-corrected chi connectivity index (χ1v) is 22.1. The summed E-state index contributed by atoms with van der Waals surface area (Å²) >= 11 is 0. The predicted molar refractivity (Wildman–Crippen MR) is 271 cm³/mol. The summed E-state index contributed by atoms with van der Waals surface area (Å²) in [6, 6.07) is 0. The van der Waals surface area contributed by atoms with Crippen molar-refractivity contribution >= 4 is 29.8 Å². The van der Waals surface area contributed by atoms with E-state index in [1.165, 1.54) is 10.0 Å². The topological polar surface area (TPSA) is 324 Å². The van der Waals surface area contributed by atoms with Crippen LogP contribution in [0.4, 0.5) is 0 Å². The van der Waals surface area contributed by atoms with E-state index in [1.54, 1.807) is 27.1 Å². The second-order valence-corrected chi connectivity index (χ2v) is 19.3. The smallest absolute Gasteiger partial charge is 0.367 e. The third-order valence-electron chi connectivity index (χ3n) is 11.0. The molecule has 27 nitrogen and oxygen atoms in total. The molecule has 1 unspecified atom stereocenters.